The van der Waals surface area contributed by atoms with Gasteiger partial charge < -0.3 is 0 Å². The van der Waals surface area contributed by atoms with Crippen LogP contribution < -0.4 is 0 Å². The number of hydrogen-bond donors (Lipinski definition) is 0. The van der Waals surface area contributed by atoms with Gasteiger partial charge >= 0.3 is 0 Å². The van der Waals surface area contributed by atoms with Gasteiger partial charge in [-0.3, -0.25) is 0 Å². The first-order valence-electron chi connectivity index (χ1n) is 5.18. The molecule has 0 aromatic carbocycles. The van der Waals surface area contributed by atoms with Gasteiger partial charge in [0.1, 0.15) is 0 Å². The third-order valence-electron chi connectivity index (χ3n) is 2.29. The summed E-state index contributed by atoms with van der Waals surface area (Å²) in [5.74, 6) is 0.679. The normalized spacial score (nSPS) is 12.2. The standard InChI is InChI=1S/C10H15BrClNO2S2/c1-13(7-9-6-10(11)16-8-9)17(14,15)5-3-2-4-12/h6,8H,2-5,7H2,1H3. The number of nitrogens with zero attached hydrogens (tertiary/aromatic N) is 1. The molecule has 0 aliphatic carbocycles. The summed E-state index contributed by atoms with van der Waals surface area (Å²) in [6, 6.07) is 1.94. The topological polar surface area (TPSA) is 37.4 Å². The van der Waals surface area contributed by atoms with Crippen LogP contribution in [0.15, 0.2) is 15.2 Å². The predicted molar refractivity (Wildman–Crippen MR) is 77.2 cm³/mol. The van der Waals surface area contributed by atoms with Gasteiger partial charge in [0.25, 0.3) is 0 Å². The molecule has 0 saturated carbocycles. The summed E-state index contributed by atoms with van der Waals surface area (Å²) in [6.07, 6.45) is 1.35. The van der Waals surface area contributed by atoms with Crippen molar-refractivity contribution in [3.8, 4) is 0 Å². The van der Waals surface area contributed by atoms with Crippen LogP contribution in [0.2, 0.25) is 0 Å². The van der Waals surface area contributed by atoms with E-state index in [1.807, 2.05) is 11.4 Å². The molecule has 98 valence electrons. The van der Waals surface area contributed by atoms with Gasteiger partial charge in [-0.25, -0.2) is 12.7 Å². The van der Waals surface area contributed by atoms with Gasteiger partial charge in [0, 0.05) is 19.5 Å². The number of halogens is 2. The molecule has 0 saturated heterocycles. The Labute approximate surface area is 120 Å². The Balaban J connectivity index is 2.53. The fraction of sp³-hybridized carbons (Fsp3) is 0.600. The largest absolute Gasteiger partial charge is 0.214 e. The summed E-state index contributed by atoms with van der Waals surface area (Å²) in [6.45, 7) is 0.422. The Morgan fingerprint density at radius 3 is 2.71 bits per heavy atom. The highest BCUT2D eigenvalue weighted by Gasteiger charge is 2.17. The van der Waals surface area contributed by atoms with Gasteiger partial charge in [-0.2, -0.15) is 0 Å². The molecule has 0 fully saturated rings. The fourth-order valence-corrected chi connectivity index (χ4v) is 3.93. The van der Waals surface area contributed by atoms with E-state index in [4.69, 9.17) is 11.6 Å². The number of unbranched alkanes of at least 4 members (excludes halogenated alkanes) is 1. The van der Waals surface area contributed by atoms with Crippen LogP contribution >= 0.6 is 38.9 Å². The molecule has 1 rings (SSSR count). The minimum absolute atomic E-state index is 0.168. The lowest BCUT2D eigenvalue weighted by Gasteiger charge is -2.16. The van der Waals surface area contributed by atoms with Crippen molar-refractivity contribution in [1.29, 1.82) is 0 Å². The first-order valence-corrected chi connectivity index (χ1v) is 9.00. The lowest BCUT2D eigenvalue weighted by atomic mass is 10.3. The maximum Gasteiger partial charge on any atom is 0.214 e. The molecule has 0 atom stereocenters. The molecule has 1 aromatic heterocycles. The molecule has 1 aromatic rings. The van der Waals surface area contributed by atoms with E-state index in [-0.39, 0.29) is 5.75 Å². The van der Waals surface area contributed by atoms with E-state index in [0.29, 0.717) is 18.8 Å². The highest BCUT2D eigenvalue weighted by molar-refractivity contribution is 9.11. The van der Waals surface area contributed by atoms with Crippen molar-refractivity contribution < 1.29 is 8.42 Å². The van der Waals surface area contributed by atoms with Gasteiger partial charge in [0.2, 0.25) is 10.0 Å². The van der Waals surface area contributed by atoms with Crippen LogP contribution in [-0.2, 0) is 16.6 Å². The van der Waals surface area contributed by atoms with Gasteiger partial charge in [-0.15, -0.1) is 22.9 Å². The third kappa shape index (κ3) is 5.26. The number of alkyl halides is 1. The molecule has 0 radical (unpaired) electrons. The summed E-state index contributed by atoms with van der Waals surface area (Å²) in [5, 5.41) is 1.95. The molecule has 0 amide bonds. The summed E-state index contributed by atoms with van der Waals surface area (Å²) < 4.78 is 26.2. The predicted octanol–water partition coefficient (Wildman–Crippen LogP) is 3.29. The molecular weight excluding hydrogens is 346 g/mol. The summed E-state index contributed by atoms with van der Waals surface area (Å²) in [4.78, 5) is 0. The van der Waals surface area contributed by atoms with Crippen molar-refractivity contribution >= 4 is 48.9 Å². The molecule has 17 heavy (non-hydrogen) atoms. The zero-order chi connectivity index (χ0) is 12.9. The summed E-state index contributed by atoms with van der Waals surface area (Å²) in [7, 11) is -1.54. The van der Waals surface area contributed by atoms with Crippen molar-refractivity contribution in [3.05, 3.63) is 20.8 Å². The maximum atomic E-state index is 11.9. The van der Waals surface area contributed by atoms with E-state index in [1.165, 1.54) is 4.31 Å². The van der Waals surface area contributed by atoms with Crippen LogP contribution in [0, 0.1) is 0 Å². The minimum Gasteiger partial charge on any atom is -0.212 e. The Morgan fingerprint density at radius 1 is 1.47 bits per heavy atom. The molecule has 0 aliphatic heterocycles. The smallest absolute Gasteiger partial charge is 0.212 e. The van der Waals surface area contributed by atoms with Gasteiger partial charge in [0.05, 0.1) is 9.54 Å². The van der Waals surface area contributed by atoms with Crippen LogP contribution in [0.3, 0.4) is 0 Å². The molecule has 0 unspecified atom stereocenters. The first kappa shape index (κ1) is 15.4. The van der Waals surface area contributed by atoms with Crippen molar-refractivity contribution in [3.63, 3.8) is 0 Å². The number of sulfonamides is 1. The number of rotatable bonds is 7. The monoisotopic (exact) mass is 359 g/mol. The molecular formula is C10H15BrClNO2S2. The molecule has 0 N–H and O–H groups in total. The highest BCUT2D eigenvalue weighted by atomic mass is 79.9. The lowest BCUT2D eigenvalue weighted by Crippen LogP contribution is -2.28. The van der Waals surface area contributed by atoms with Crippen molar-refractivity contribution in [2.24, 2.45) is 0 Å². The molecule has 1 heterocycles. The molecule has 3 nitrogen and oxygen atoms in total. The zero-order valence-corrected chi connectivity index (χ0v) is 13.5. The van der Waals surface area contributed by atoms with E-state index in [1.54, 1.807) is 18.4 Å². The molecule has 0 spiro atoms. The lowest BCUT2D eigenvalue weighted by molar-refractivity contribution is 0.465. The average molecular weight is 361 g/mol. The Bertz CT molecular complexity index is 447. The Morgan fingerprint density at radius 2 is 2.18 bits per heavy atom. The van der Waals surface area contributed by atoms with Gasteiger partial charge in [-0.1, -0.05) is 0 Å². The van der Waals surface area contributed by atoms with Gasteiger partial charge in [0.15, 0.2) is 0 Å². The van der Waals surface area contributed by atoms with Gasteiger partial charge in [-0.05, 0) is 45.8 Å². The number of hydrogen-bond acceptors (Lipinski definition) is 3. The zero-order valence-electron chi connectivity index (χ0n) is 9.53. The van der Waals surface area contributed by atoms with Crippen LogP contribution in [0.4, 0.5) is 0 Å². The second kappa shape index (κ2) is 7.09. The molecule has 0 aliphatic rings. The molecule has 7 heteroatoms. The second-order valence-electron chi connectivity index (χ2n) is 3.73. The minimum atomic E-state index is -3.16. The van der Waals surface area contributed by atoms with Crippen LogP contribution in [0.1, 0.15) is 18.4 Å². The van der Waals surface area contributed by atoms with Crippen LogP contribution in [-0.4, -0.2) is 31.4 Å². The van der Waals surface area contributed by atoms with E-state index < -0.39 is 10.0 Å². The molecule has 0 bridgehead atoms. The highest BCUT2D eigenvalue weighted by Crippen LogP contribution is 2.22. The third-order valence-corrected chi connectivity index (χ3v) is 5.99. The number of thiophene rings is 1. The fourth-order valence-electron chi connectivity index (χ4n) is 1.32. The Hall–Kier alpha value is 0.380. The van der Waals surface area contributed by atoms with E-state index in [2.05, 4.69) is 15.9 Å². The van der Waals surface area contributed by atoms with Crippen molar-refractivity contribution in [2.45, 2.75) is 19.4 Å². The maximum absolute atomic E-state index is 11.9. The first-order chi connectivity index (χ1) is 7.95. The SMILES string of the molecule is CN(Cc1csc(Br)c1)S(=O)(=O)CCCCCl. The summed E-state index contributed by atoms with van der Waals surface area (Å²) in [5.41, 5.74) is 1.00. The summed E-state index contributed by atoms with van der Waals surface area (Å²) >= 11 is 10.4. The second-order valence-corrected chi connectivity index (χ2v) is 8.59. The van der Waals surface area contributed by atoms with E-state index >= 15 is 0 Å². The average Bonchev–Trinajstić information content (AvgIpc) is 2.64. The van der Waals surface area contributed by atoms with E-state index in [0.717, 1.165) is 15.8 Å². The van der Waals surface area contributed by atoms with Crippen molar-refractivity contribution in [1.82, 2.24) is 4.31 Å². The quantitative estimate of drug-likeness (QED) is 0.553. The van der Waals surface area contributed by atoms with Crippen LogP contribution in [0.5, 0.6) is 0 Å². The van der Waals surface area contributed by atoms with Crippen molar-refractivity contribution in [2.75, 3.05) is 18.7 Å². The Kier molecular flexibility index (Phi) is 6.44. The van der Waals surface area contributed by atoms with E-state index in [9.17, 15) is 8.42 Å². The van der Waals surface area contributed by atoms with Crippen LogP contribution in [0.25, 0.3) is 0 Å².